The smallest absolute Gasteiger partial charge is 0.247 e. The van der Waals surface area contributed by atoms with Gasteiger partial charge in [-0.2, -0.15) is 13.1 Å². The van der Waals surface area contributed by atoms with E-state index in [4.69, 9.17) is 18.6 Å². The second-order valence-electron chi connectivity index (χ2n) is 3.57. The third-order valence-electron chi connectivity index (χ3n) is 2.01. The van der Waals surface area contributed by atoms with Crippen LogP contribution in [0.2, 0.25) is 0 Å². The quantitative estimate of drug-likeness (QED) is 0.615. The molecule has 0 atom stereocenters. The van der Waals surface area contributed by atoms with Crippen LogP contribution < -0.4 is 28.3 Å². The zero-order valence-electron chi connectivity index (χ0n) is 10.4. The Morgan fingerprint density at radius 1 is 0.905 bits per heavy atom. The van der Waals surface area contributed by atoms with Crippen molar-refractivity contribution >= 4 is 15.8 Å². The van der Waals surface area contributed by atoms with Crippen LogP contribution in [-0.4, -0.2) is 8.42 Å². The molecule has 0 unspecified atom stereocenters. The van der Waals surface area contributed by atoms with Gasteiger partial charge in [0.2, 0.25) is 0 Å². The van der Waals surface area contributed by atoms with Gasteiger partial charge in [0, 0.05) is 6.07 Å². The molecule has 2 aromatic rings. The van der Waals surface area contributed by atoms with E-state index in [1.165, 1.54) is 0 Å². The first-order valence-electron chi connectivity index (χ1n) is 5.35. The van der Waals surface area contributed by atoms with Gasteiger partial charge in [0.05, 0.1) is 6.20 Å². The maximum absolute atomic E-state index is 11.9. The molecule has 10 heteroatoms. The highest BCUT2D eigenvalue weighted by molar-refractivity contribution is 7.92. The summed E-state index contributed by atoms with van der Waals surface area (Å²) in [6, 6.07) is 13.4. The lowest BCUT2D eigenvalue weighted by atomic mass is 10.4. The number of H-pyrrole nitrogens is 1. The van der Waals surface area contributed by atoms with Gasteiger partial charge in [0.15, 0.2) is 0 Å². The van der Waals surface area contributed by atoms with Crippen molar-refractivity contribution in [3.63, 3.8) is 0 Å². The monoisotopic (exact) mass is 334 g/mol. The molecule has 0 aliphatic carbocycles. The summed E-state index contributed by atoms with van der Waals surface area (Å²) < 4.78 is 60.2. The van der Waals surface area contributed by atoms with E-state index in [1.807, 2.05) is 0 Å². The molecular formula is C11H11ClN2O6S. The van der Waals surface area contributed by atoms with Gasteiger partial charge in [-0.25, -0.2) is 23.6 Å². The fraction of sp³-hybridized carbons (Fsp3) is 0. The first-order chi connectivity index (χ1) is 9.68. The summed E-state index contributed by atoms with van der Waals surface area (Å²) >= 11 is 0. The molecule has 2 N–H and O–H groups in total. The van der Waals surface area contributed by atoms with Crippen molar-refractivity contribution in [1.82, 2.24) is 0 Å². The van der Waals surface area contributed by atoms with Gasteiger partial charge in [0.25, 0.3) is 5.82 Å². The summed E-state index contributed by atoms with van der Waals surface area (Å²) in [7, 11) is -8.44. The van der Waals surface area contributed by atoms with Crippen molar-refractivity contribution in [2.24, 2.45) is 0 Å². The van der Waals surface area contributed by atoms with E-state index in [9.17, 15) is 8.42 Å². The van der Waals surface area contributed by atoms with Crippen LogP contribution in [0.5, 0.6) is 0 Å². The number of hydrogen-bond donors (Lipinski definition) is 1. The number of aromatic nitrogens is 1. The lowest BCUT2D eigenvalue weighted by Crippen LogP contribution is -2.68. The van der Waals surface area contributed by atoms with Crippen LogP contribution in [0.25, 0.3) is 0 Å². The SMILES string of the molecule is O=S(=O)(Nc1cccc[nH+]1)c1ccccc1.[O-][Cl+3]([O-])([O-])[O-]. The third kappa shape index (κ3) is 7.56. The van der Waals surface area contributed by atoms with Gasteiger partial charge in [-0.15, -0.1) is 10.2 Å². The van der Waals surface area contributed by atoms with E-state index in [-0.39, 0.29) is 4.90 Å². The zero-order chi connectivity index (χ0) is 15.9. The zero-order valence-corrected chi connectivity index (χ0v) is 12.0. The maximum Gasteiger partial charge on any atom is 0.328 e. The number of pyridine rings is 1. The summed E-state index contributed by atoms with van der Waals surface area (Å²) in [5, 5.41) is 0. The Balaban J connectivity index is 0.000000383. The predicted molar refractivity (Wildman–Crippen MR) is 60.2 cm³/mol. The van der Waals surface area contributed by atoms with Crippen molar-refractivity contribution < 1.29 is 42.3 Å². The molecule has 0 saturated carbocycles. The van der Waals surface area contributed by atoms with Gasteiger partial charge in [0.1, 0.15) is 4.90 Å². The first kappa shape index (κ1) is 17.3. The molecule has 2 rings (SSSR count). The van der Waals surface area contributed by atoms with E-state index in [2.05, 4.69) is 9.71 Å². The minimum absolute atomic E-state index is 0.243. The Morgan fingerprint density at radius 3 is 1.90 bits per heavy atom. The lowest BCUT2D eigenvalue weighted by molar-refractivity contribution is -2.00. The Labute approximate surface area is 123 Å². The molecule has 0 aliphatic heterocycles. The van der Waals surface area contributed by atoms with Crippen LogP contribution in [-0.2, 0) is 10.0 Å². The molecule has 1 aromatic heterocycles. The van der Waals surface area contributed by atoms with Gasteiger partial charge in [-0.05, 0) is 18.2 Å². The van der Waals surface area contributed by atoms with Crippen LogP contribution in [0.3, 0.4) is 0 Å². The maximum atomic E-state index is 11.9. The highest BCUT2D eigenvalue weighted by atomic mass is 35.7. The molecule has 1 aromatic carbocycles. The minimum Gasteiger partial charge on any atom is -0.247 e. The lowest BCUT2D eigenvalue weighted by Gasteiger charge is -2.17. The second kappa shape index (κ2) is 7.31. The van der Waals surface area contributed by atoms with Gasteiger partial charge < -0.3 is 0 Å². The van der Waals surface area contributed by atoms with Crippen LogP contribution in [0.1, 0.15) is 0 Å². The normalized spacial score (nSPS) is 11.2. The summed E-state index contributed by atoms with van der Waals surface area (Å²) in [6.45, 7) is 0. The second-order valence-corrected chi connectivity index (χ2v) is 6.01. The molecule has 1 heterocycles. The van der Waals surface area contributed by atoms with Crippen molar-refractivity contribution in [2.45, 2.75) is 4.90 Å². The van der Waals surface area contributed by atoms with E-state index < -0.39 is 20.3 Å². The molecular weight excluding hydrogens is 324 g/mol. The average molecular weight is 335 g/mol. The summed E-state index contributed by atoms with van der Waals surface area (Å²) in [5.74, 6) is 0.436. The summed E-state index contributed by atoms with van der Waals surface area (Å²) in [4.78, 5) is 3.05. The molecule has 21 heavy (non-hydrogen) atoms. The van der Waals surface area contributed by atoms with Crippen LogP contribution in [0, 0.1) is 10.2 Å². The molecule has 0 amide bonds. The minimum atomic E-state index is -4.94. The van der Waals surface area contributed by atoms with Crippen molar-refractivity contribution in [3.8, 4) is 0 Å². The molecule has 0 aliphatic rings. The fourth-order valence-corrected chi connectivity index (χ4v) is 2.31. The Kier molecular flexibility index (Phi) is 6.03. The van der Waals surface area contributed by atoms with Crippen molar-refractivity contribution in [3.05, 3.63) is 54.7 Å². The number of nitrogens with one attached hydrogen (secondary N) is 2. The van der Waals surface area contributed by atoms with Gasteiger partial charge >= 0.3 is 10.0 Å². The van der Waals surface area contributed by atoms with Gasteiger partial charge in [-0.1, -0.05) is 24.3 Å². The Bertz CT molecular complexity index is 639. The van der Waals surface area contributed by atoms with Crippen LogP contribution in [0.15, 0.2) is 59.6 Å². The first-order valence-corrected chi connectivity index (χ1v) is 8.06. The van der Waals surface area contributed by atoms with Crippen LogP contribution >= 0.6 is 0 Å². The molecule has 0 saturated heterocycles. The number of aromatic amines is 1. The molecule has 0 bridgehead atoms. The predicted octanol–water partition coefficient (Wildman–Crippen LogP) is -3.45. The number of hydrogen-bond acceptors (Lipinski definition) is 6. The van der Waals surface area contributed by atoms with Gasteiger partial charge in [-0.3, -0.25) is 0 Å². The topological polar surface area (TPSA) is 153 Å². The molecule has 114 valence electrons. The van der Waals surface area contributed by atoms with E-state index >= 15 is 0 Å². The average Bonchev–Trinajstić information content (AvgIpc) is 2.38. The van der Waals surface area contributed by atoms with E-state index in [1.54, 1.807) is 54.7 Å². The Morgan fingerprint density at radius 2 is 1.43 bits per heavy atom. The number of anilines is 1. The molecule has 0 radical (unpaired) electrons. The summed E-state index contributed by atoms with van der Waals surface area (Å²) in [6.07, 6.45) is 1.66. The number of sulfonamides is 1. The highest BCUT2D eigenvalue weighted by Crippen LogP contribution is 2.11. The standard InChI is InChI=1S/C11H10N2O2S.ClHO4/c14-16(15,10-6-2-1-3-7-10)13-11-8-4-5-9-12-11;2-1(3,4)5/h1-9H,(H,12,13);(H,2,3,4,5). The number of benzene rings is 1. The largest absolute Gasteiger partial charge is 0.328 e. The highest BCUT2D eigenvalue weighted by Gasteiger charge is 2.18. The number of halogens is 1. The van der Waals surface area contributed by atoms with Crippen molar-refractivity contribution in [2.75, 3.05) is 4.72 Å². The van der Waals surface area contributed by atoms with E-state index in [0.29, 0.717) is 5.82 Å². The molecule has 0 fully saturated rings. The Hall–Kier alpha value is -1.75. The molecule has 0 spiro atoms. The van der Waals surface area contributed by atoms with Crippen molar-refractivity contribution in [1.29, 1.82) is 0 Å². The summed E-state index contributed by atoms with van der Waals surface area (Å²) in [5.41, 5.74) is 0. The van der Waals surface area contributed by atoms with Crippen LogP contribution in [0.4, 0.5) is 5.82 Å². The van der Waals surface area contributed by atoms with E-state index in [0.717, 1.165) is 0 Å². The molecule has 8 nitrogen and oxygen atoms in total. The fourth-order valence-electron chi connectivity index (χ4n) is 1.26. The number of rotatable bonds is 3. The third-order valence-corrected chi connectivity index (χ3v) is 3.39.